The fraction of sp³-hybridized carbons (Fsp3) is 0.621. The first-order chi connectivity index (χ1) is 17.9. The molecule has 1 aromatic carbocycles. The maximum absolute atomic E-state index is 11.8. The van der Waals surface area contributed by atoms with E-state index in [1.54, 1.807) is 6.26 Å². The maximum Gasteiger partial charge on any atom is 0.224 e. The fourth-order valence-corrected chi connectivity index (χ4v) is 6.60. The predicted molar refractivity (Wildman–Crippen MR) is 145 cm³/mol. The molecule has 198 valence electrons. The molecule has 6 rings (SSSR count). The molecule has 0 spiro atoms. The highest BCUT2D eigenvalue weighted by molar-refractivity contribution is 7.85. The Labute approximate surface area is 222 Å². The molecule has 0 radical (unpaired) electrons. The van der Waals surface area contributed by atoms with Crippen LogP contribution < -0.4 is 10.2 Å². The number of nitrogens with one attached hydrogen (secondary N) is 1. The monoisotopic (exact) mass is 522 g/mol. The van der Waals surface area contributed by atoms with Crippen LogP contribution in [0.3, 0.4) is 0 Å². The molecule has 3 aliphatic carbocycles. The Bertz CT molecular complexity index is 1130. The molecule has 1 saturated heterocycles. The third kappa shape index (κ3) is 6.43. The van der Waals surface area contributed by atoms with Crippen molar-refractivity contribution in [3.8, 4) is 17.3 Å². The van der Waals surface area contributed by atoms with Crippen LogP contribution in [-0.4, -0.2) is 45.2 Å². The van der Waals surface area contributed by atoms with Crippen molar-refractivity contribution in [3.63, 3.8) is 0 Å². The number of rotatable bonds is 5. The summed E-state index contributed by atoms with van der Waals surface area (Å²) in [5.41, 5.74) is 2.73. The molecule has 3 saturated carbocycles. The first-order valence-electron chi connectivity index (χ1n) is 13.8. The smallest absolute Gasteiger partial charge is 0.224 e. The summed E-state index contributed by atoms with van der Waals surface area (Å²) in [4.78, 5) is 18.7. The molecular formula is C29H38N4O3S. The standard InChI is InChI=1S/C18H22N2O2S.C11H16N2O/c1-13-10-15(11-13)18-19-17(12-22-18)14-2-4-16(5-3-14)20-6-8-23(21)9-7-20;12-8-11(6-7-11)13-10(14)9-4-2-1-3-5-9/h2-5,12-13,15H,6-11H2,1H3;9H,1-7H2,(H,13,14). The lowest BCUT2D eigenvalue weighted by atomic mass is 9.76. The van der Waals surface area contributed by atoms with E-state index in [4.69, 9.17) is 9.68 Å². The molecule has 2 heterocycles. The first-order valence-corrected chi connectivity index (χ1v) is 15.3. The SMILES string of the molecule is CC1CC(c2nc(-c3ccc(N4CCS(=O)CC4)cc3)co2)C1.N#CC1(NC(=O)C2CCCCC2)CC1. The summed E-state index contributed by atoms with van der Waals surface area (Å²) >= 11 is 0. The van der Waals surface area contributed by atoms with Crippen molar-refractivity contribution in [2.75, 3.05) is 29.5 Å². The number of hydrogen-bond acceptors (Lipinski definition) is 6. The van der Waals surface area contributed by atoms with E-state index in [0.717, 1.165) is 86.2 Å². The molecule has 37 heavy (non-hydrogen) atoms. The summed E-state index contributed by atoms with van der Waals surface area (Å²) in [5, 5.41) is 11.7. The second kappa shape index (κ2) is 11.4. The average Bonchev–Trinajstić information content (AvgIpc) is 3.52. The molecule has 1 amide bonds. The zero-order valence-electron chi connectivity index (χ0n) is 21.8. The number of benzene rings is 1. The van der Waals surface area contributed by atoms with E-state index in [1.807, 2.05) is 0 Å². The van der Waals surface area contributed by atoms with E-state index in [9.17, 15) is 9.00 Å². The van der Waals surface area contributed by atoms with Crippen LogP contribution >= 0.6 is 0 Å². The highest BCUT2D eigenvalue weighted by atomic mass is 32.2. The van der Waals surface area contributed by atoms with Crippen LogP contribution in [0.15, 0.2) is 34.9 Å². The number of carbonyl (C=O) groups excluding carboxylic acids is 1. The van der Waals surface area contributed by atoms with Crippen LogP contribution in [-0.2, 0) is 15.6 Å². The Morgan fingerprint density at radius 1 is 1.14 bits per heavy atom. The molecule has 7 nitrogen and oxygen atoms in total. The Morgan fingerprint density at radius 2 is 1.81 bits per heavy atom. The summed E-state index contributed by atoms with van der Waals surface area (Å²) < 4.78 is 17.1. The molecular weight excluding hydrogens is 484 g/mol. The van der Waals surface area contributed by atoms with Crippen molar-refractivity contribution in [1.82, 2.24) is 10.3 Å². The molecule has 0 atom stereocenters. The number of nitrogens with zero attached hydrogens (tertiary/aromatic N) is 3. The molecule has 2 aromatic rings. The molecule has 0 unspecified atom stereocenters. The van der Waals surface area contributed by atoms with Crippen LogP contribution in [0.5, 0.6) is 0 Å². The van der Waals surface area contributed by atoms with Gasteiger partial charge in [-0.1, -0.05) is 38.3 Å². The summed E-state index contributed by atoms with van der Waals surface area (Å²) in [6, 6.07) is 10.7. The molecule has 8 heteroatoms. The molecule has 4 aliphatic rings. The number of anilines is 1. The normalized spacial score (nSPS) is 25.2. The zero-order chi connectivity index (χ0) is 25.8. The van der Waals surface area contributed by atoms with Gasteiger partial charge in [-0.2, -0.15) is 5.26 Å². The Hall–Kier alpha value is -2.66. The van der Waals surface area contributed by atoms with Gasteiger partial charge >= 0.3 is 0 Å². The lowest BCUT2D eigenvalue weighted by molar-refractivity contribution is -0.126. The van der Waals surface area contributed by atoms with Crippen molar-refractivity contribution in [3.05, 3.63) is 36.4 Å². The third-order valence-corrected chi connectivity index (χ3v) is 9.53. The number of hydrogen-bond donors (Lipinski definition) is 1. The van der Waals surface area contributed by atoms with Gasteiger partial charge in [-0.15, -0.1) is 0 Å². The molecule has 1 N–H and O–H groups in total. The van der Waals surface area contributed by atoms with E-state index < -0.39 is 16.3 Å². The second-order valence-electron chi connectivity index (χ2n) is 11.2. The highest BCUT2D eigenvalue weighted by Crippen LogP contribution is 2.41. The number of nitriles is 1. The van der Waals surface area contributed by atoms with Crippen LogP contribution in [0, 0.1) is 23.2 Å². The number of carbonyl (C=O) groups is 1. The van der Waals surface area contributed by atoms with E-state index in [-0.39, 0.29) is 11.8 Å². The van der Waals surface area contributed by atoms with Crippen molar-refractivity contribution in [2.24, 2.45) is 11.8 Å². The Balaban J connectivity index is 0.000000171. The van der Waals surface area contributed by atoms with Gasteiger partial charge in [-0.3, -0.25) is 9.00 Å². The van der Waals surface area contributed by atoms with Gasteiger partial charge in [0, 0.05) is 58.5 Å². The number of aromatic nitrogens is 1. The minimum Gasteiger partial charge on any atom is -0.448 e. The second-order valence-corrected chi connectivity index (χ2v) is 12.9. The topological polar surface area (TPSA) is 99.2 Å². The van der Waals surface area contributed by atoms with Crippen molar-refractivity contribution in [2.45, 2.75) is 76.2 Å². The lowest BCUT2D eigenvalue weighted by Crippen LogP contribution is -2.40. The summed E-state index contributed by atoms with van der Waals surface area (Å²) in [5.74, 6) is 4.03. The van der Waals surface area contributed by atoms with E-state index in [0.29, 0.717) is 5.92 Å². The van der Waals surface area contributed by atoms with E-state index in [1.165, 1.54) is 24.9 Å². The Morgan fingerprint density at radius 3 is 2.41 bits per heavy atom. The molecule has 4 fully saturated rings. The largest absolute Gasteiger partial charge is 0.448 e. The minimum absolute atomic E-state index is 0.115. The zero-order valence-corrected chi connectivity index (χ0v) is 22.6. The van der Waals surface area contributed by atoms with E-state index in [2.05, 4.69) is 52.5 Å². The number of oxazole rings is 1. The van der Waals surface area contributed by atoms with Gasteiger partial charge in [0.25, 0.3) is 0 Å². The van der Waals surface area contributed by atoms with Crippen LogP contribution in [0.1, 0.15) is 76.5 Å². The first kappa shape index (κ1) is 26.0. The molecule has 1 aromatic heterocycles. The van der Waals surface area contributed by atoms with Crippen molar-refractivity contribution in [1.29, 1.82) is 5.26 Å². The van der Waals surface area contributed by atoms with Gasteiger partial charge in [-0.25, -0.2) is 4.98 Å². The quantitative estimate of drug-likeness (QED) is 0.582. The Kier molecular flexibility index (Phi) is 7.99. The summed E-state index contributed by atoms with van der Waals surface area (Å²) in [6.45, 7) is 4.02. The van der Waals surface area contributed by atoms with Gasteiger partial charge in [0.05, 0.1) is 6.07 Å². The van der Waals surface area contributed by atoms with Gasteiger partial charge < -0.3 is 14.6 Å². The average molecular weight is 523 g/mol. The predicted octanol–water partition coefficient (Wildman–Crippen LogP) is 5.16. The maximum atomic E-state index is 11.8. The third-order valence-electron chi connectivity index (χ3n) is 8.25. The van der Waals surface area contributed by atoms with Gasteiger partial charge in [0.2, 0.25) is 5.91 Å². The minimum atomic E-state index is -0.633. The van der Waals surface area contributed by atoms with Gasteiger partial charge in [-0.05, 0) is 56.6 Å². The van der Waals surface area contributed by atoms with Crippen LogP contribution in [0.2, 0.25) is 0 Å². The van der Waals surface area contributed by atoms with Crippen molar-refractivity contribution >= 4 is 22.4 Å². The van der Waals surface area contributed by atoms with Crippen LogP contribution in [0.25, 0.3) is 11.3 Å². The summed E-state index contributed by atoms with van der Waals surface area (Å²) in [6.07, 6.45) is 11.4. The van der Waals surface area contributed by atoms with Gasteiger partial charge in [0.1, 0.15) is 17.5 Å². The number of amides is 1. The van der Waals surface area contributed by atoms with Crippen LogP contribution in [0.4, 0.5) is 5.69 Å². The van der Waals surface area contributed by atoms with E-state index >= 15 is 0 Å². The lowest BCUT2D eigenvalue weighted by Gasteiger charge is -2.29. The highest BCUT2D eigenvalue weighted by Gasteiger charge is 2.45. The van der Waals surface area contributed by atoms with Crippen molar-refractivity contribution < 1.29 is 13.4 Å². The molecule has 1 aliphatic heterocycles. The summed E-state index contributed by atoms with van der Waals surface area (Å²) in [7, 11) is -0.633. The van der Waals surface area contributed by atoms with Gasteiger partial charge in [0.15, 0.2) is 5.89 Å². The fourth-order valence-electron chi connectivity index (χ4n) is 5.54. The molecule has 0 bridgehead atoms.